The van der Waals surface area contributed by atoms with Crippen LogP contribution in [0, 0.1) is 0 Å². The summed E-state index contributed by atoms with van der Waals surface area (Å²) in [5.41, 5.74) is 0. The lowest BCUT2D eigenvalue weighted by atomic mass is 9.88. The van der Waals surface area contributed by atoms with Crippen LogP contribution >= 0.6 is 0 Å². The van der Waals surface area contributed by atoms with E-state index in [1.165, 1.54) is 0 Å². The van der Waals surface area contributed by atoms with E-state index >= 15 is 0 Å². The number of carbonyl (C=O) groups is 2. The largest absolute Gasteiger partial charge is 0.465 e. The Kier molecular flexibility index (Phi) is 16.7. The van der Waals surface area contributed by atoms with Crippen molar-refractivity contribution in [2.75, 3.05) is 13.2 Å². The molecule has 43 heteroatoms. The van der Waals surface area contributed by atoms with Crippen molar-refractivity contribution in [3.63, 3.8) is 0 Å². The van der Waals surface area contributed by atoms with Crippen molar-refractivity contribution in [2.45, 2.75) is 120 Å². The first-order valence-corrected chi connectivity index (χ1v) is 16.5. The molecule has 0 aliphatic rings. The number of carbonyl (C=O) groups excluding carboxylic acids is 2. The molecule has 0 bridgehead atoms. The van der Waals surface area contributed by atoms with Crippen LogP contribution in [-0.2, 0) is 33.5 Å². The minimum Gasteiger partial charge on any atom is -0.465 e. The molecular weight excluding hydrogens is 1090 g/mol. The van der Waals surface area contributed by atoms with E-state index in [0.29, 0.717) is 0 Å². The van der Waals surface area contributed by atoms with Gasteiger partial charge >= 0.3 is 117 Å². The van der Waals surface area contributed by atoms with Crippen LogP contribution in [0.15, 0.2) is 0 Å². The Bertz CT molecular complexity index is 1880. The molecule has 0 saturated heterocycles. The lowest BCUT2D eigenvalue weighted by molar-refractivity contribution is -0.461. The topological polar surface area (TPSA) is 116 Å². The van der Waals surface area contributed by atoms with Gasteiger partial charge in [-0.1, -0.05) is 0 Å². The van der Waals surface area contributed by atoms with Gasteiger partial charge in [0.15, 0.2) is 5.25 Å². The van der Waals surface area contributed by atoms with Crippen LogP contribution in [0.5, 0.6) is 0 Å². The fraction of sp³-hybridized carbons (Fsp3) is 0.917. The molecule has 0 aromatic heterocycles. The van der Waals surface area contributed by atoms with E-state index in [2.05, 4.69) is 13.8 Å². The molecule has 0 spiro atoms. The Hall–Kier alpha value is -3.57. The number of hydrogen-bond donors (Lipinski definition) is 1. The van der Waals surface area contributed by atoms with Crippen molar-refractivity contribution in [3.8, 4) is 0 Å². The molecule has 0 amide bonds. The number of halogens is 34. The molecule has 0 heterocycles. The predicted molar refractivity (Wildman–Crippen MR) is 134 cm³/mol. The van der Waals surface area contributed by atoms with Crippen LogP contribution in [-0.4, -0.2) is 139 Å². The lowest BCUT2D eigenvalue weighted by Gasteiger charge is -2.42. The van der Waals surface area contributed by atoms with Gasteiger partial charge in [0.2, 0.25) is 0 Å². The Balaban J connectivity index is 6.41. The summed E-state index contributed by atoms with van der Waals surface area (Å²) in [6.07, 6.45) is -26.3. The Morgan fingerprint density at radius 2 is 0.597 bits per heavy atom. The summed E-state index contributed by atoms with van der Waals surface area (Å²) >= 11 is 0. The van der Waals surface area contributed by atoms with Gasteiger partial charge in [0, 0.05) is 0 Å². The summed E-state index contributed by atoms with van der Waals surface area (Å²) in [6, 6.07) is 0. The highest BCUT2D eigenvalue weighted by atomic mass is 32.2. The van der Waals surface area contributed by atoms with E-state index in [1.807, 2.05) is 0 Å². The Morgan fingerprint density at radius 1 is 0.373 bits per heavy atom. The molecule has 0 aliphatic carbocycles. The average molecular weight is 1110 g/mol. The van der Waals surface area contributed by atoms with Crippen molar-refractivity contribution in [3.05, 3.63) is 0 Å². The van der Waals surface area contributed by atoms with Gasteiger partial charge in [-0.3, -0.25) is 9.59 Å². The summed E-state index contributed by atoms with van der Waals surface area (Å²) in [5, 5.41) is 4.32. The molecule has 1 unspecified atom stereocenters. The maximum Gasteiger partial charge on any atom is 0.460 e. The van der Waals surface area contributed by atoms with Crippen molar-refractivity contribution in [2.24, 2.45) is 0 Å². The van der Waals surface area contributed by atoms with Crippen LogP contribution in [0.3, 0.4) is 0 Å². The molecule has 0 aromatic rings. The Morgan fingerprint density at radius 3 is 0.836 bits per heavy atom. The highest BCUT2D eigenvalue weighted by Gasteiger charge is 2.97. The van der Waals surface area contributed by atoms with Crippen molar-refractivity contribution < 1.29 is 186 Å². The van der Waals surface area contributed by atoms with Gasteiger partial charge in [0.25, 0.3) is 0 Å². The molecular formula is C24H12F34O8S. The van der Waals surface area contributed by atoms with Crippen molar-refractivity contribution in [1.82, 2.24) is 0 Å². The quantitative estimate of drug-likeness (QED) is 0.0466. The smallest absolute Gasteiger partial charge is 0.460 e. The predicted octanol–water partition coefficient (Wildman–Crippen LogP) is 10.4. The molecule has 0 saturated carbocycles. The van der Waals surface area contributed by atoms with E-state index in [0.717, 1.165) is 0 Å². The van der Waals surface area contributed by atoms with Crippen LogP contribution in [0.2, 0.25) is 0 Å². The van der Waals surface area contributed by atoms with Gasteiger partial charge in [-0.15, -0.1) is 4.33 Å². The molecule has 8 nitrogen and oxygen atoms in total. The third kappa shape index (κ3) is 9.68. The molecule has 0 aliphatic heterocycles. The van der Waals surface area contributed by atoms with Gasteiger partial charge < -0.3 is 9.47 Å². The maximum absolute atomic E-state index is 14.0. The van der Waals surface area contributed by atoms with Crippen LogP contribution < -0.4 is 0 Å². The third-order valence-electron chi connectivity index (χ3n) is 7.98. The second-order valence-corrected chi connectivity index (χ2v) is 14.1. The van der Waals surface area contributed by atoms with Crippen molar-refractivity contribution >= 4 is 22.1 Å². The normalized spacial score (nSPS) is 16.5. The average Bonchev–Trinajstić information content (AvgIpc) is 3.11. The van der Waals surface area contributed by atoms with Crippen LogP contribution in [0.4, 0.5) is 149 Å². The summed E-state index contributed by atoms with van der Waals surface area (Å²) in [5.74, 6) is -127. The second-order valence-electron chi connectivity index (χ2n) is 12.4. The molecule has 0 fully saturated rings. The second kappa shape index (κ2) is 17.7. The van der Waals surface area contributed by atoms with E-state index < -0.39 is 155 Å². The van der Waals surface area contributed by atoms with Crippen LogP contribution in [0.25, 0.3) is 0 Å². The van der Waals surface area contributed by atoms with Crippen molar-refractivity contribution in [1.29, 1.82) is 0 Å². The number of alkyl halides is 34. The maximum atomic E-state index is 14.0. The number of ether oxygens (including phenoxy) is 2. The zero-order valence-corrected chi connectivity index (χ0v) is 30.5. The minimum atomic E-state index is -9.11. The fourth-order valence-electron chi connectivity index (χ4n) is 3.94. The van der Waals surface area contributed by atoms with Gasteiger partial charge in [0.1, 0.15) is 0 Å². The summed E-state index contributed by atoms with van der Waals surface area (Å²) in [7, 11) is -6.48. The highest BCUT2D eigenvalue weighted by molar-refractivity contribution is 7.88. The molecule has 0 radical (unpaired) electrons. The molecule has 0 aromatic carbocycles. The fourth-order valence-corrected chi connectivity index (χ4v) is 4.69. The molecule has 400 valence electrons. The standard InChI is InChI=1S/C24H12F34O8S/c25-9(26,11(29,30)13(33,34)15(37,38)17(41,42)19(45,46)21(49,50)23(53,54)55)1-3-64-7(59)5-6(67(62,63)66-61)8(60)65-4-2-10(27,28)12(31,32)14(35,36)16(39,40)18(43,44)20(47,48)22(51,52)24(56,57)58/h6,61H,1-5H2. The monoisotopic (exact) mass is 1110 g/mol. The minimum absolute atomic E-state index is 2.53. The van der Waals surface area contributed by atoms with E-state index in [1.54, 1.807) is 0 Å². The zero-order chi connectivity index (χ0) is 54.9. The SMILES string of the molecule is O=C(CC(C(=O)OCCC(F)(F)C(F)(F)C(F)(F)C(F)(F)C(F)(F)C(F)(F)C(F)(F)C(F)(F)F)S(=O)(=O)OO)OCCC(F)(F)C(F)(F)C(F)(F)C(F)(F)C(F)(F)C(F)(F)C(F)(F)C(F)(F)F. The summed E-state index contributed by atoms with van der Waals surface area (Å²) < 4.78 is 487. The first kappa shape index (κ1) is 63.4. The first-order valence-electron chi connectivity index (χ1n) is 15.0. The number of rotatable bonds is 23. The highest BCUT2D eigenvalue weighted by Crippen LogP contribution is 2.66. The van der Waals surface area contributed by atoms with Gasteiger partial charge in [0.05, 0.1) is 32.5 Å². The van der Waals surface area contributed by atoms with E-state index in [9.17, 15) is 167 Å². The zero-order valence-electron chi connectivity index (χ0n) is 29.7. The van der Waals surface area contributed by atoms with Gasteiger partial charge in [-0.2, -0.15) is 158 Å². The molecule has 1 N–H and O–H groups in total. The first-order chi connectivity index (χ1) is 28.7. The number of esters is 2. The molecule has 1 atom stereocenters. The van der Waals surface area contributed by atoms with E-state index in [-0.39, 0.29) is 0 Å². The van der Waals surface area contributed by atoms with E-state index in [4.69, 9.17) is 5.26 Å². The lowest BCUT2D eigenvalue weighted by Crippen LogP contribution is -2.74. The Labute approximate surface area is 342 Å². The number of hydrogen-bond acceptors (Lipinski definition) is 8. The molecule has 0 rings (SSSR count). The van der Waals surface area contributed by atoms with Crippen LogP contribution in [0.1, 0.15) is 19.3 Å². The summed E-state index contributed by atoms with van der Waals surface area (Å²) in [4.78, 5) is 23.8. The van der Waals surface area contributed by atoms with Gasteiger partial charge in [-0.05, 0) is 0 Å². The third-order valence-corrected chi connectivity index (χ3v) is 9.24. The molecule has 67 heavy (non-hydrogen) atoms. The van der Waals surface area contributed by atoms with Gasteiger partial charge in [-0.25, -0.2) is 5.26 Å². The summed E-state index contributed by atoms with van der Waals surface area (Å²) in [6.45, 7) is -5.93.